The summed E-state index contributed by atoms with van der Waals surface area (Å²) in [5.41, 5.74) is 5.59. The molecule has 2 N–H and O–H groups in total. The third kappa shape index (κ3) is 4.07. The summed E-state index contributed by atoms with van der Waals surface area (Å²) in [6.45, 7) is 4.58. The van der Waals surface area contributed by atoms with Gasteiger partial charge in [0.05, 0.1) is 4.99 Å². The molecule has 1 fully saturated rings. The molecule has 15 heavy (non-hydrogen) atoms. The van der Waals surface area contributed by atoms with Crippen LogP contribution in [0.3, 0.4) is 0 Å². The second-order valence-electron chi connectivity index (χ2n) is 5.11. The maximum Gasteiger partial charge on any atom is 0.0742 e. The van der Waals surface area contributed by atoms with Crippen molar-refractivity contribution in [2.24, 2.45) is 11.7 Å². The number of hydrogen-bond acceptors (Lipinski definition) is 2. The first-order chi connectivity index (χ1) is 7.00. The summed E-state index contributed by atoms with van der Waals surface area (Å²) < 4.78 is 0. The lowest BCUT2D eigenvalue weighted by Gasteiger charge is -2.37. The van der Waals surface area contributed by atoms with Gasteiger partial charge in [-0.25, -0.2) is 0 Å². The largest absolute Gasteiger partial charge is 0.393 e. The van der Waals surface area contributed by atoms with E-state index in [1.807, 2.05) is 0 Å². The van der Waals surface area contributed by atoms with Crippen LogP contribution in [-0.2, 0) is 0 Å². The number of thiocarbonyl (C=S) groups is 1. The molecular formula is C12H24N2S. The molecule has 0 aliphatic heterocycles. The molecule has 0 aromatic rings. The molecule has 1 aliphatic carbocycles. The summed E-state index contributed by atoms with van der Waals surface area (Å²) in [6, 6.07) is 1.22. The molecule has 3 heteroatoms. The lowest BCUT2D eigenvalue weighted by Crippen LogP contribution is -2.42. The highest BCUT2D eigenvalue weighted by atomic mass is 32.1. The van der Waals surface area contributed by atoms with Crippen LogP contribution in [0.4, 0.5) is 0 Å². The van der Waals surface area contributed by atoms with Crippen LogP contribution in [-0.4, -0.2) is 29.0 Å². The molecule has 3 unspecified atom stereocenters. The van der Waals surface area contributed by atoms with Gasteiger partial charge in [-0.15, -0.1) is 0 Å². The summed E-state index contributed by atoms with van der Waals surface area (Å²) in [5.74, 6) is 0.878. The average molecular weight is 228 g/mol. The number of rotatable bonds is 4. The SMILES string of the molecule is CC1CCCC(N(C)C(C)CC(N)=S)C1. The van der Waals surface area contributed by atoms with Gasteiger partial charge < -0.3 is 10.6 Å². The monoisotopic (exact) mass is 228 g/mol. The topological polar surface area (TPSA) is 29.3 Å². The predicted octanol–water partition coefficient (Wildman–Crippen LogP) is 2.56. The van der Waals surface area contributed by atoms with Gasteiger partial charge in [-0.2, -0.15) is 0 Å². The zero-order chi connectivity index (χ0) is 11.4. The van der Waals surface area contributed by atoms with Crippen LogP contribution in [0.2, 0.25) is 0 Å². The molecule has 0 heterocycles. The van der Waals surface area contributed by atoms with E-state index in [1.165, 1.54) is 25.7 Å². The van der Waals surface area contributed by atoms with Crippen LogP contribution in [0.5, 0.6) is 0 Å². The average Bonchev–Trinajstić information content (AvgIpc) is 2.15. The fourth-order valence-corrected chi connectivity index (χ4v) is 2.81. The van der Waals surface area contributed by atoms with Crippen molar-refractivity contribution >= 4 is 17.2 Å². The Hall–Kier alpha value is -0.150. The molecule has 0 bridgehead atoms. The zero-order valence-corrected chi connectivity index (χ0v) is 11.0. The highest BCUT2D eigenvalue weighted by Gasteiger charge is 2.25. The lowest BCUT2D eigenvalue weighted by molar-refractivity contribution is 0.129. The standard InChI is InChI=1S/C12H24N2S/c1-9-5-4-6-11(7-9)14(3)10(2)8-12(13)15/h9-11H,4-8H2,1-3H3,(H2,13,15). The maximum absolute atomic E-state index is 5.59. The van der Waals surface area contributed by atoms with Crippen molar-refractivity contribution in [3.63, 3.8) is 0 Å². The number of hydrogen-bond donors (Lipinski definition) is 1. The van der Waals surface area contributed by atoms with Crippen molar-refractivity contribution < 1.29 is 0 Å². The van der Waals surface area contributed by atoms with Gasteiger partial charge in [0.25, 0.3) is 0 Å². The minimum Gasteiger partial charge on any atom is -0.393 e. The molecule has 88 valence electrons. The summed E-state index contributed by atoms with van der Waals surface area (Å²) >= 11 is 4.97. The van der Waals surface area contributed by atoms with E-state index in [9.17, 15) is 0 Å². The second kappa shape index (κ2) is 5.80. The zero-order valence-electron chi connectivity index (χ0n) is 10.2. The predicted molar refractivity (Wildman–Crippen MR) is 70.0 cm³/mol. The molecule has 0 aromatic heterocycles. The Kier molecular flexibility index (Phi) is 5.00. The maximum atomic E-state index is 5.59. The first kappa shape index (κ1) is 12.9. The van der Waals surface area contributed by atoms with Gasteiger partial charge in [0.2, 0.25) is 0 Å². The van der Waals surface area contributed by atoms with Crippen LogP contribution in [0.25, 0.3) is 0 Å². The molecule has 1 rings (SSSR count). The van der Waals surface area contributed by atoms with Gasteiger partial charge in [-0.1, -0.05) is 32.0 Å². The van der Waals surface area contributed by atoms with Gasteiger partial charge in [0, 0.05) is 18.5 Å². The van der Waals surface area contributed by atoms with E-state index < -0.39 is 0 Å². The highest BCUT2D eigenvalue weighted by molar-refractivity contribution is 7.80. The van der Waals surface area contributed by atoms with Gasteiger partial charge >= 0.3 is 0 Å². The van der Waals surface area contributed by atoms with E-state index in [4.69, 9.17) is 18.0 Å². The fourth-order valence-electron chi connectivity index (χ4n) is 2.57. The molecule has 1 aliphatic rings. The third-order valence-corrected chi connectivity index (χ3v) is 3.84. The van der Waals surface area contributed by atoms with Gasteiger partial charge in [-0.05, 0) is 32.7 Å². The fraction of sp³-hybridized carbons (Fsp3) is 0.917. The molecule has 0 amide bonds. The van der Waals surface area contributed by atoms with Crippen molar-refractivity contribution in [2.75, 3.05) is 7.05 Å². The van der Waals surface area contributed by atoms with Crippen LogP contribution < -0.4 is 5.73 Å². The van der Waals surface area contributed by atoms with Crippen molar-refractivity contribution in [2.45, 2.75) is 58.0 Å². The Bertz CT molecular complexity index is 218. The Morgan fingerprint density at radius 2 is 2.20 bits per heavy atom. The van der Waals surface area contributed by atoms with Gasteiger partial charge in [-0.3, -0.25) is 0 Å². The normalized spacial score (nSPS) is 29.1. The van der Waals surface area contributed by atoms with E-state index >= 15 is 0 Å². The molecular weight excluding hydrogens is 204 g/mol. The summed E-state index contributed by atoms with van der Waals surface area (Å²) in [5, 5.41) is 0. The highest BCUT2D eigenvalue weighted by Crippen LogP contribution is 2.27. The van der Waals surface area contributed by atoms with Crippen molar-refractivity contribution in [1.82, 2.24) is 4.90 Å². The van der Waals surface area contributed by atoms with Crippen LogP contribution >= 0.6 is 12.2 Å². The Labute approximate surface area is 99.2 Å². The summed E-state index contributed by atoms with van der Waals surface area (Å²) in [7, 11) is 2.21. The number of nitrogens with two attached hydrogens (primary N) is 1. The van der Waals surface area contributed by atoms with Gasteiger partial charge in [0.15, 0.2) is 0 Å². The summed E-state index contributed by atoms with van der Waals surface area (Å²) in [4.78, 5) is 3.10. The van der Waals surface area contributed by atoms with E-state index in [1.54, 1.807) is 0 Å². The molecule has 0 spiro atoms. The molecule has 0 aromatic carbocycles. The van der Waals surface area contributed by atoms with Crippen molar-refractivity contribution in [3.8, 4) is 0 Å². The molecule has 3 atom stereocenters. The third-order valence-electron chi connectivity index (χ3n) is 3.68. The first-order valence-corrected chi connectivity index (χ1v) is 6.41. The number of nitrogens with zero attached hydrogens (tertiary/aromatic N) is 1. The summed E-state index contributed by atoms with van der Waals surface area (Å²) in [6.07, 6.45) is 6.28. The van der Waals surface area contributed by atoms with E-state index in [2.05, 4.69) is 25.8 Å². The Morgan fingerprint density at radius 3 is 2.73 bits per heavy atom. The van der Waals surface area contributed by atoms with Crippen LogP contribution in [0.1, 0.15) is 46.0 Å². The second-order valence-corrected chi connectivity index (χ2v) is 5.63. The quantitative estimate of drug-likeness (QED) is 0.750. The van der Waals surface area contributed by atoms with Crippen LogP contribution in [0.15, 0.2) is 0 Å². The van der Waals surface area contributed by atoms with E-state index in [0.29, 0.717) is 11.0 Å². The Balaban J connectivity index is 2.43. The smallest absolute Gasteiger partial charge is 0.0742 e. The van der Waals surface area contributed by atoms with Crippen molar-refractivity contribution in [3.05, 3.63) is 0 Å². The van der Waals surface area contributed by atoms with E-state index in [-0.39, 0.29) is 0 Å². The van der Waals surface area contributed by atoms with E-state index in [0.717, 1.165) is 18.4 Å². The molecule has 0 saturated heterocycles. The Morgan fingerprint density at radius 1 is 1.53 bits per heavy atom. The minimum absolute atomic E-state index is 0.484. The molecule has 0 radical (unpaired) electrons. The lowest BCUT2D eigenvalue weighted by atomic mass is 9.86. The van der Waals surface area contributed by atoms with Crippen molar-refractivity contribution in [1.29, 1.82) is 0 Å². The van der Waals surface area contributed by atoms with Gasteiger partial charge in [0.1, 0.15) is 0 Å². The minimum atomic E-state index is 0.484. The molecule has 1 saturated carbocycles. The molecule has 2 nitrogen and oxygen atoms in total. The first-order valence-electron chi connectivity index (χ1n) is 6.01. The van der Waals surface area contributed by atoms with Crippen LogP contribution in [0, 0.1) is 5.92 Å².